The number of benzene rings is 2. The van der Waals surface area contributed by atoms with Crippen LogP contribution in [0.5, 0.6) is 11.5 Å². The van der Waals surface area contributed by atoms with Crippen molar-refractivity contribution in [1.82, 2.24) is 0 Å². The maximum Gasteiger partial charge on any atom is 0.119 e. The molecule has 0 saturated heterocycles. The van der Waals surface area contributed by atoms with Gasteiger partial charge in [0.2, 0.25) is 0 Å². The zero-order valence-corrected chi connectivity index (χ0v) is 10.7. The monoisotopic (exact) mass is 258 g/mol. The molecule has 0 bridgehead atoms. The van der Waals surface area contributed by atoms with Gasteiger partial charge in [0.15, 0.2) is 0 Å². The van der Waals surface area contributed by atoms with E-state index >= 15 is 0 Å². The van der Waals surface area contributed by atoms with Crippen molar-refractivity contribution in [3.63, 3.8) is 0 Å². The van der Waals surface area contributed by atoms with E-state index in [1.165, 1.54) is 5.01 Å². The largest absolute Gasteiger partial charge is 0.497 e. The Labute approximate surface area is 111 Å². The van der Waals surface area contributed by atoms with E-state index in [4.69, 9.17) is 9.47 Å². The van der Waals surface area contributed by atoms with Gasteiger partial charge in [-0.1, -0.05) is 0 Å². The summed E-state index contributed by atoms with van der Waals surface area (Å²) in [6, 6.07) is 14.2. The Kier molecular flexibility index (Phi) is 3.97. The van der Waals surface area contributed by atoms with E-state index in [1.807, 2.05) is 0 Å². The topological polar surface area (TPSA) is 51.1 Å². The minimum absolute atomic E-state index is 0.668. The van der Waals surface area contributed by atoms with Gasteiger partial charge in [-0.3, -0.25) is 0 Å². The fourth-order valence-electron chi connectivity index (χ4n) is 1.69. The highest BCUT2D eigenvalue weighted by molar-refractivity contribution is 5.63. The number of nitroso groups, excluding NO2 is 1. The number of anilines is 2. The molecule has 19 heavy (non-hydrogen) atoms. The van der Waals surface area contributed by atoms with Crippen LogP contribution in [0.1, 0.15) is 0 Å². The summed E-state index contributed by atoms with van der Waals surface area (Å²) in [5.41, 5.74) is 1.34. The lowest BCUT2D eigenvalue weighted by Crippen LogP contribution is -2.07. The van der Waals surface area contributed by atoms with E-state index in [1.54, 1.807) is 62.8 Å². The van der Waals surface area contributed by atoms with Crippen LogP contribution in [-0.2, 0) is 0 Å². The molecule has 0 unspecified atom stereocenters. The molecular formula is C14H14N2O3. The smallest absolute Gasteiger partial charge is 0.119 e. The standard InChI is InChI=1S/C14H14N2O3/c1-18-13-7-3-11(4-8-13)16(15-17)12-5-9-14(19-2)10-6-12/h3-10H,1-2H3. The Morgan fingerprint density at radius 3 is 1.42 bits per heavy atom. The Balaban J connectivity index is 2.29. The molecule has 0 aromatic heterocycles. The molecule has 2 rings (SSSR count). The van der Waals surface area contributed by atoms with Crippen LogP contribution in [0.25, 0.3) is 0 Å². The molecule has 0 aliphatic heterocycles. The molecule has 2 aromatic carbocycles. The van der Waals surface area contributed by atoms with Crippen LogP contribution >= 0.6 is 0 Å². The quantitative estimate of drug-likeness (QED) is 0.608. The third-order valence-corrected chi connectivity index (χ3v) is 2.72. The maximum atomic E-state index is 11.0. The molecule has 0 saturated carbocycles. The third kappa shape index (κ3) is 2.82. The van der Waals surface area contributed by atoms with Gasteiger partial charge >= 0.3 is 0 Å². The molecule has 0 aliphatic carbocycles. The summed E-state index contributed by atoms with van der Waals surface area (Å²) < 4.78 is 10.1. The molecule has 98 valence electrons. The molecule has 0 spiro atoms. The first-order valence-electron chi connectivity index (χ1n) is 5.70. The number of nitrogens with zero attached hydrogens (tertiary/aromatic N) is 2. The minimum Gasteiger partial charge on any atom is -0.497 e. The van der Waals surface area contributed by atoms with Crippen molar-refractivity contribution in [1.29, 1.82) is 0 Å². The molecule has 0 N–H and O–H groups in total. The summed E-state index contributed by atoms with van der Waals surface area (Å²) in [6.07, 6.45) is 0. The first kappa shape index (κ1) is 12.9. The van der Waals surface area contributed by atoms with E-state index in [-0.39, 0.29) is 0 Å². The molecule has 0 amide bonds. The van der Waals surface area contributed by atoms with Crippen molar-refractivity contribution >= 4 is 11.4 Å². The van der Waals surface area contributed by atoms with Gasteiger partial charge in [0.25, 0.3) is 0 Å². The van der Waals surface area contributed by atoms with Gasteiger partial charge in [-0.2, -0.15) is 5.01 Å². The summed E-state index contributed by atoms with van der Waals surface area (Å²) >= 11 is 0. The number of methoxy groups -OCH3 is 2. The van der Waals surface area contributed by atoms with Crippen molar-refractivity contribution in [3.8, 4) is 11.5 Å². The summed E-state index contributed by atoms with van der Waals surface area (Å²) in [4.78, 5) is 11.0. The van der Waals surface area contributed by atoms with E-state index in [2.05, 4.69) is 5.29 Å². The molecular weight excluding hydrogens is 244 g/mol. The average Bonchev–Trinajstić information content (AvgIpc) is 2.49. The van der Waals surface area contributed by atoms with Gasteiger partial charge < -0.3 is 9.47 Å². The summed E-state index contributed by atoms with van der Waals surface area (Å²) in [5.74, 6) is 1.45. The van der Waals surface area contributed by atoms with E-state index < -0.39 is 0 Å². The highest BCUT2D eigenvalue weighted by Gasteiger charge is 2.09. The second kappa shape index (κ2) is 5.86. The molecule has 0 heterocycles. The SMILES string of the molecule is COc1ccc(N(N=O)c2ccc(OC)cc2)cc1. The number of hydrogen-bond acceptors (Lipinski definition) is 4. The molecule has 5 nitrogen and oxygen atoms in total. The van der Waals surface area contributed by atoms with Gasteiger partial charge in [0.05, 0.1) is 30.9 Å². The predicted molar refractivity (Wildman–Crippen MR) is 73.9 cm³/mol. The number of hydrogen-bond donors (Lipinski definition) is 0. The van der Waals surface area contributed by atoms with Crippen LogP contribution in [0.15, 0.2) is 53.8 Å². The second-order valence-electron chi connectivity index (χ2n) is 3.79. The van der Waals surface area contributed by atoms with E-state index in [0.29, 0.717) is 11.4 Å². The van der Waals surface area contributed by atoms with Gasteiger partial charge in [-0.25, -0.2) is 0 Å². The maximum absolute atomic E-state index is 11.0. The first-order chi connectivity index (χ1) is 9.28. The molecule has 5 heteroatoms. The number of ether oxygens (including phenoxy) is 2. The summed E-state index contributed by atoms with van der Waals surface area (Å²) in [7, 11) is 3.18. The Morgan fingerprint density at radius 1 is 0.789 bits per heavy atom. The summed E-state index contributed by atoms with van der Waals surface area (Å²) in [5, 5.41) is 4.35. The Morgan fingerprint density at radius 2 is 1.16 bits per heavy atom. The second-order valence-corrected chi connectivity index (χ2v) is 3.79. The van der Waals surface area contributed by atoms with Gasteiger partial charge in [-0.15, -0.1) is 4.91 Å². The van der Waals surface area contributed by atoms with Crippen LogP contribution in [0.4, 0.5) is 11.4 Å². The molecule has 0 aliphatic rings. The van der Waals surface area contributed by atoms with E-state index in [9.17, 15) is 4.91 Å². The third-order valence-electron chi connectivity index (χ3n) is 2.72. The highest BCUT2D eigenvalue weighted by Crippen LogP contribution is 2.28. The Bertz CT molecular complexity index is 490. The van der Waals surface area contributed by atoms with Crippen LogP contribution < -0.4 is 14.5 Å². The highest BCUT2D eigenvalue weighted by atomic mass is 16.5. The Hall–Kier alpha value is -2.56. The predicted octanol–water partition coefficient (Wildman–Crippen LogP) is 3.52. The van der Waals surface area contributed by atoms with Crippen LogP contribution in [-0.4, -0.2) is 14.2 Å². The van der Waals surface area contributed by atoms with Crippen molar-refractivity contribution < 1.29 is 9.47 Å². The van der Waals surface area contributed by atoms with Crippen molar-refractivity contribution in [2.45, 2.75) is 0 Å². The molecule has 0 fully saturated rings. The average molecular weight is 258 g/mol. The number of rotatable bonds is 5. The molecule has 0 radical (unpaired) electrons. The lowest BCUT2D eigenvalue weighted by Gasteiger charge is -2.15. The zero-order valence-electron chi connectivity index (χ0n) is 10.7. The lowest BCUT2D eigenvalue weighted by atomic mass is 10.2. The van der Waals surface area contributed by atoms with Crippen molar-refractivity contribution in [3.05, 3.63) is 53.4 Å². The fraction of sp³-hybridized carbons (Fsp3) is 0.143. The molecule has 0 atom stereocenters. The lowest BCUT2D eigenvalue weighted by molar-refractivity contribution is 0.415. The normalized spacial score (nSPS) is 9.79. The van der Waals surface area contributed by atoms with Gasteiger partial charge in [0, 0.05) is 0 Å². The van der Waals surface area contributed by atoms with Crippen molar-refractivity contribution in [2.75, 3.05) is 19.2 Å². The van der Waals surface area contributed by atoms with Gasteiger partial charge in [-0.05, 0) is 48.5 Å². The van der Waals surface area contributed by atoms with Crippen molar-refractivity contribution in [2.24, 2.45) is 5.29 Å². The van der Waals surface area contributed by atoms with Gasteiger partial charge in [0.1, 0.15) is 11.5 Å². The van der Waals surface area contributed by atoms with E-state index in [0.717, 1.165) is 11.5 Å². The first-order valence-corrected chi connectivity index (χ1v) is 5.70. The van der Waals surface area contributed by atoms with Crippen LogP contribution in [0.3, 0.4) is 0 Å². The van der Waals surface area contributed by atoms with Crippen LogP contribution in [0.2, 0.25) is 0 Å². The zero-order chi connectivity index (χ0) is 13.7. The molecule has 2 aromatic rings. The minimum atomic E-state index is 0.668. The fourth-order valence-corrected chi connectivity index (χ4v) is 1.69. The van der Waals surface area contributed by atoms with Crippen LogP contribution in [0, 0.1) is 4.91 Å². The summed E-state index contributed by atoms with van der Waals surface area (Å²) in [6.45, 7) is 0.